The molecule has 0 amide bonds. The van der Waals surface area contributed by atoms with Crippen LogP contribution in [0.25, 0.3) is 11.1 Å². The van der Waals surface area contributed by atoms with Gasteiger partial charge in [0.05, 0.1) is 0 Å². The molecule has 0 fully saturated rings. The highest BCUT2D eigenvalue weighted by atomic mass is 16.3. The second kappa shape index (κ2) is 4.86. The molecular weight excluding hydrogens is 248 g/mol. The Bertz CT molecular complexity index is 668. The standard InChI is InChI=1S/C18H22O2/c1-9-7-10(2)11(3)15(8-9)16-12(4)13(5)17(19)14(6)18(16)20/h7-8,19-20H,1-6H3. The third kappa shape index (κ3) is 2.05. The average Bonchev–Trinajstić information content (AvgIpc) is 2.39. The van der Waals surface area contributed by atoms with Crippen LogP contribution in [0.5, 0.6) is 11.5 Å². The van der Waals surface area contributed by atoms with Gasteiger partial charge in [0.15, 0.2) is 0 Å². The minimum Gasteiger partial charge on any atom is -0.507 e. The van der Waals surface area contributed by atoms with E-state index in [1.165, 1.54) is 16.7 Å². The largest absolute Gasteiger partial charge is 0.507 e. The summed E-state index contributed by atoms with van der Waals surface area (Å²) in [7, 11) is 0. The van der Waals surface area contributed by atoms with E-state index in [0.29, 0.717) is 5.56 Å². The molecule has 0 unspecified atom stereocenters. The Hall–Kier alpha value is -1.96. The molecule has 2 nitrogen and oxygen atoms in total. The monoisotopic (exact) mass is 270 g/mol. The maximum absolute atomic E-state index is 10.5. The van der Waals surface area contributed by atoms with Gasteiger partial charge in [0.2, 0.25) is 0 Å². The van der Waals surface area contributed by atoms with Crippen LogP contribution in [0.15, 0.2) is 12.1 Å². The number of hydrogen-bond donors (Lipinski definition) is 2. The molecule has 0 atom stereocenters. The van der Waals surface area contributed by atoms with Crippen molar-refractivity contribution >= 4 is 0 Å². The van der Waals surface area contributed by atoms with Crippen LogP contribution in [0.3, 0.4) is 0 Å². The Labute approximate surface area is 120 Å². The van der Waals surface area contributed by atoms with Crippen LogP contribution in [0.1, 0.15) is 33.4 Å². The normalized spacial score (nSPS) is 10.9. The predicted octanol–water partition coefficient (Wildman–Crippen LogP) is 4.62. The van der Waals surface area contributed by atoms with E-state index in [-0.39, 0.29) is 11.5 Å². The summed E-state index contributed by atoms with van der Waals surface area (Å²) in [5.41, 5.74) is 7.73. The summed E-state index contributed by atoms with van der Waals surface area (Å²) in [6.45, 7) is 11.8. The zero-order valence-electron chi connectivity index (χ0n) is 13.0. The summed E-state index contributed by atoms with van der Waals surface area (Å²) in [6, 6.07) is 4.24. The lowest BCUT2D eigenvalue weighted by Gasteiger charge is -2.19. The minimum atomic E-state index is 0.179. The lowest BCUT2D eigenvalue weighted by Crippen LogP contribution is -1.96. The van der Waals surface area contributed by atoms with Crippen molar-refractivity contribution in [2.45, 2.75) is 41.5 Å². The molecular formula is C18H22O2. The van der Waals surface area contributed by atoms with Gasteiger partial charge in [0, 0.05) is 11.1 Å². The van der Waals surface area contributed by atoms with Crippen LogP contribution in [0.2, 0.25) is 0 Å². The molecule has 2 heteroatoms. The van der Waals surface area contributed by atoms with Gasteiger partial charge in [-0.25, -0.2) is 0 Å². The molecule has 0 aliphatic heterocycles. The molecule has 2 N–H and O–H groups in total. The fraction of sp³-hybridized carbons (Fsp3) is 0.333. The number of aromatic hydroxyl groups is 2. The molecule has 0 radical (unpaired) electrons. The van der Waals surface area contributed by atoms with Crippen molar-refractivity contribution in [3.8, 4) is 22.6 Å². The van der Waals surface area contributed by atoms with Crippen molar-refractivity contribution in [2.24, 2.45) is 0 Å². The molecule has 20 heavy (non-hydrogen) atoms. The van der Waals surface area contributed by atoms with E-state index in [4.69, 9.17) is 0 Å². The van der Waals surface area contributed by atoms with Crippen LogP contribution < -0.4 is 0 Å². The van der Waals surface area contributed by atoms with Gasteiger partial charge in [0.25, 0.3) is 0 Å². The van der Waals surface area contributed by atoms with Crippen LogP contribution in [-0.4, -0.2) is 10.2 Å². The van der Waals surface area contributed by atoms with E-state index in [1.54, 1.807) is 6.92 Å². The molecule has 0 spiro atoms. The van der Waals surface area contributed by atoms with Crippen molar-refractivity contribution < 1.29 is 10.2 Å². The summed E-state index contributed by atoms with van der Waals surface area (Å²) in [6.07, 6.45) is 0. The third-order valence-corrected chi connectivity index (χ3v) is 4.32. The second-order valence-electron chi connectivity index (χ2n) is 5.70. The highest BCUT2D eigenvalue weighted by Crippen LogP contribution is 2.43. The van der Waals surface area contributed by atoms with Gasteiger partial charge in [0.1, 0.15) is 11.5 Å². The molecule has 0 aliphatic carbocycles. The Morgan fingerprint density at radius 1 is 0.650 bits per heavy atom. The number of phenolic OH excluding ortho intramolecular Hbond substituents is 2. The zero-order chi connectivity index (χ0) is 15.2. The summed E-state index contributed by atoms with van der Waals surface area (Å²) in [4.78, 5) is 0. The van der Waals surface area contributed by atoms with E-state index < -0.39 is 0 Å². The summed E-state index contributed by atoms with van der Waals surface area (Å²) in [5.74, 6) is 0.365. The van der Waals surface area contributed by atoms with Crippen LogP contribution >= 0.6 is 0 Å². The molecule has 0 saturated carbocycles. The van der Waals surface area contributed by atoms with Crippen molar-refractivity contribution in [3.63, 3.8) is 0 Å². The molecule has 2 aromatic rings. The highest BCUT2D eigenvalue weighted by molar-refractivity contribution is 5.81. The Morgan fingerprint density at radius 3 is 1.85 bits per heavy atom. The summed E-state index contributed by atoms with van der Waals surface area (Å²) < 4.78 is 0. The first-order chi connectivity index (χ1) is 9.25. The molecule has 106 valence electrons. The first kappa shape index (κ1) is 14.4. The van der Waals surface area contributed by atoms with Crippen molar-refractivity contribution in [1.82, 2.24) is 0 Å². The van der Waals surface area contributed by atoms with Gasteiger partial charge >= 0.3 is 0 Å². The number of aryl methyl sites for hydroxylation is 2. The Morgan fingerprint density at radius 2 is 1.25 bits per heavy atom. The van der Waals surface area contributed by atoms with Gasteiger partial charge in [-0.3, -0.25) is 0 Å². The van der Waals surface area contributed by atoms with Crippen LogP contribution in [0.4, 0.5) is 0 Å². The molecule has 0 heterocycles. The lowest BCUT2D eigenvalue weighted by molar-refractivity contribution is 0.441. The quantitative estimate of drug-likeness (QED) is 0.794. The molecule has 0 aromatic heterocycles. The first-order valence-electron chi connectivity index (χ1n) is 6.85. The number of hydrogen-bond acceptors (Lipinski definition) is 2. The van der Waals surface area contributed by atoms with E-state index in [2.05, 4.69) is 32.9 Å². The fourth-order valence-corrected chi connectivity index (χ4v) is 2.75. The fourth-order valence-electron chi connectivity index (χ4n) is 2.75. The molecule has 2 aromatic carbocycles. The number of phenols is 2. The topological polar surface area (TPSA) is 40.5 Å². The first-order valence-corrected chi connectivity index (χ1v) is 6.85. The minimum absolute atomic E-state index is 0.179. The SMILES string of the molecule is Cc1cc(C)c(C)c(-c2c(C)c(C)c(O)c(C)c2O)c1. The maximum Gasteiger partial charge on any atom is 0.130 e. The van der Waals surface area contributed by atoms with E-state index in [9.17, 15) is 10.2 Å². The van der Waals surface area contributed by atoms with Crippen LogP contribution in [-0.2, 0) is 0 Å². The molecule has 0 saturated heterocycles. The van der Waals surface area contributed by atoms with Gasteiger partial charge in [-0.2, -0.15) is 0 Å². The highest BCUT2D eigenvalue weighted by Gasteiger charge is 2.19. The Balaban J connectivity index is 2.91. The van der Waals surface area contributed by atoms with Crippen LogP contribution in [0, 0.1) is 41.5 Å². The van der Waals surface area contributed by atoms with Crippen molar-refractivity contribution in [2.75, 3.05) is 0 Å². The lowest BCUT2D eigenvalue weighted by atomic mass is 9.88. The summed E-state index contributed by atoms with van der Waals surface area (Å²) >= 11 is 0. The smallest absolute Gasteiger partial charge is 0.130 e. The van der Waals surface area contributed by atoms with E-state index in [1.807, 2.05) is 13.8 Å². The van der Waals surface area contributed by atoms with E-state index in [0.717, 1.165) is 22.3 Å². The zero-order valence-corrected chi connectivity index (χ0v) is 13.0. The van der Waals surface area contributed by atoms with Gasteiger partial charge in [-0.1, -0.05) is 17.7 Å². The van der Waals surface area contributed by atoms with Crippen molar-refractivity contribution in [1.29, 1.82) is 0 Å². The maximum atomic E-state index is 10.5. The second-order valence-corrected chi connectivity index (χ2v) is 5.70. The predicted molar refractivity (Wildman–Crippen MR) is 83.6 cm³/mol. The van der Waals surface area contributed by atoms with Crippen molar-refractivity contribution in [3.05, 3.63) is 45.5 Å². The third-order valence-electron chi connectivity index (χ3n) is 4.32. The van der Waals surface area contributed by atoms with Gasteiger partial charge < -0.3 is 10.2 Å². The van der Waals surface area contributed by atoms with Gasteiger partial charge in [-0.15, -0.1) is 0 Å². The molecule has 0 bridgehead atoms. The van der Waals surface area contributed by atoms with Gasteiger partial charge in [-0.05, 0) is 69.4 Å². The number of benzene rings is 2. The Kier molecular flexibility index (Phi) is 3.51. The average molecular weight is 270 g/mol. The summed E-state index contributed by atoms with van der Waals surface area (Å²) in [5, 5.41) is 20.5. The van der Waals surface area contributed by atoms with E-state index >= 15 is 0 Å². The molecule has 0 aliphatic rings. The molecule has 2 rings (SSSR count). The number of rotatable bonds is 1.